The van der Waals surface area contributed by atoms with Gasteiger partial charge in [0.15, 0.2) is 0 Å². The van der Waals surface area contributed by atoms with E-state index in [0.29, 0.717) is 12.3 Å². The molecule has 1 aliphatic heterocycles. The van der Waals surface area contributed by atoms with Crippen LogP contribution in [0.5, 0.6) is 0 Å². The molecule has 1 fully saturated rings. The minimum absolute atomic E-state index is 0.180. The van der Waals surface area contributed by atoms with Crippen molar-refractivity contribution in [1.29, 1.82) is 0 Å². The highest BCUT2D eigenvalue weighted by molar-refractivity contribution is 5.79. The summed E-state index contributed by atoms with van der Waals surface area (Å²) in [6.45, 7) is 6.79. The molecule has 0 spiro atoms. The predicted molar refractivity (Wildman–Crippen MR) is 81.5 cm³/mol. The highest BCUT2D eigenvalue weighted by atomic mass is 16.2. The molecular formula is C18H23NO. The van der Waals surface area contributed by atoms with Crippen molar-refractivity contribution >= 4 is 5.91 Å². The van der Waals surface area contributed by atoms with Crippen LogP contribution < -0.4 is 0 Å². The van der Waals surface area contributed by atoms with Crippen LogP contribution in [0.1, 0.15) is 48.9 Å². The summed E-state index contributed by atoms with van der Waals surface area (Å²) < 4.78 is 0. The van der Waals surface area contributed by atoms with E-state index in [-0.39, 0.29) is 11.9 Å². The van der Waals surface area contributed by atoms with Crippen LogP contribution in [0.3, 0.4) is 0 Å². The van der Waals surface area contributed by atoms with Gasteiger partial charge in [-0.05, 0) is 49.3 Å². The highest BCUT2D eigenvalue weighted by Crippen LogP contribution is 2.31. The van der Waals surface area contributed by atoms with Gasteiger partial charge in [0.2, 0.25) is 5.91 Å². The van der Waals surface area contributed by atoms with Crippen molar-refractivity contribution in [3.63, 3.8) is 0 Å². The molecule has 2 aliphatic rings. The topological polar surface area (TPSA) is 20.3 Å². The van der Waals surface area contributed by atoms with E-state index in [1.54, 1.807) is 0 Å². The fourth-order valence-corrected chi connectivity index (χ4v) is 3.49. The quantitative estimate of drug-likeness (QED) is 0.767. The number of hydrogen-bond donors (Lipinski definition) is 0. The lowest BCUT2D eigenvalue weighted by Crippen LogP contribution is -2.28. The van der Waals surface area contributed by atoms with Gasteiger partial charge in [-0.1, -0.05) is 24.3 Å². The van der Waals surface area contributed by atoms with Gasteiger partial charge in [0, 0.05) is 18.9 Å². The Balaban J connectivity index is 1.82. The Morgan fingerprint density at radius 2 is 2.05 bits per heavy atom. The van der Waals surface area contributed by atoms with E-state index in [4.69, 9.17) is 0 Å². The van der Waals surface area contributed by atoms with Gasteiger partial charge >= 0.3 is 0 Å². The number of fused-ring (bicyclic) bond motifs is 1. The standard InChI is InChI=1S/C18H23NO/c1-3-14-10-18(20)19(12-14)13(2)16-9-8-15-6-4-5-7-17(15)11-16/h3,8-9,11,13-14H,1,4-7,10,12H2,2H3. The van der Waals surface area contributed by atoms with Crippen molar-refractivity contribution in [2.45, 2.75) is 45.1 Å². The summed E-state index contributed by atoms with van der Waals surface area (Å²) in [7, 11) is 0. The van der Waals surface area contributed by atoms with E-state index in [2.05, 4.69) is 31.7 Å². The van der Waals surface area contributed by atoms with Crippen molar-refractivity contribution in [1.82, 2.24) is 4.90 Å². The maximum Gasteiger partial charge on any atom is 0.223 e. The molecule has 0 saturated carbocycles. The first-order valence-corrected chi connectivity index (χ1v) is 7.72. The summed E-state index contributed by atoms with van der Waals surface area (Å²) in [5.74, 6) is 0.586. The lowest BCUT2D eigenvalue weighted by atomic mass is 9.89. The van der Waals surface area contributed by atoms with E-state index in [1.807, 2.05) is 11.0 Å². The zero-order valence-electron chi connectivity index (χ0n) is 12.3. The molecule has 2 unspecified atom stereocenters. The van der Waals surface area contributed by atoms with Gasteiger partial charge < -0.3 is 4.90 Å². The van der Waals surface area contributed by atoms with Crippen LogP contribution >= 0.6 is 0 Å². The average molecular weight is 269 g/mol. The molecule has 1 aromatic rings. The van der Waals surface area contributed by atoms with Gasteiger partial charge in [-0.2, -0.15) is 0 Å². The molecule has 0 aromatic heterocycles. The Morgan fingerprint density at radius 3 is 2.75 bits per heavy atom. The molecule has 1 saturated heterocycles. The first-order chi connectivity index (χ1) is 9.69. The van der Waals surface area contributed by atoms with E-state index in [9.17, 15) is 4.79 Å². The Morgan fingerprint density at radius 1 is 1.30 bits per heavy atom. The first kappa shape index (κ1) is 13.4. The molecule has 1 heterocycles. The Hall–Kier alpha value is -1.57. The monoisotopic (exact) mass is 269 g/mol. The van der Waals surface area contributed by atoms with Crippen LogP contribution in [0.4, 0.5) is 0 Å². The van der Waals surface area contributed by atoms with Crippen molar-refractivity contribution in [2.75, 3.05) is 6.54 Å². The second-order valence-corrected chi connectivity index (χ2v) is 6.16. The van der Waals surface area contributed by atoms with Gasteiger partial charge in [0.25, 0.3) is 0 Å². The van der Waals surface area contributed by atoms with Crippen LogP contribution in [0.15, 0.2) is 30.9 Å². The molecule has 106 valence electrons. The Bertz CT molecular complexity index is 534. The van der Waals surface area contributed by atoms with E-state index in [0.717, 1.165) is 6.54 Å². The molecule has 1 amide bonds. The van der Waals surface area contributed by atoms with Crippen LogP contribution in [0.25, 0.3) is 0 Å². The van der Waals surface area contributed by atoms with Gasteiger partial charge in [-0.15, -0.1) is 6.58 Å². The minimum Gasteiger partial charge on any atom is -0.335 e. The second kappa shape index (κ2) is 5.43. The zero-order chi connectivity index (χ0) is 14.1. The third kappa shape index (κ3) is 2.39. The third-order valence-corrected chi connectivity index (χ3v) is 4.84. The van der Waals surface area contributed by atoms with Crippen molar-refractivity contribution < 1.29 is 4.79 Å². The summed E-state index contributed by atoms with van der Waals surface area (Å²) in [5.41, 5.74) is 4.28. The zero-order valence-corrected chi connectivity index (χ0v) is 12.3. The molecule has 2 atom stereocenters. The predicted octanol–water partition coefficient (Wildman–Crippen LogP) is 3.66. The van der Waals surface area contributed by atoms with Gasteiger partial charge in [0.05, 0.1) is 6.04 Å². The average Bonchev–Trinajstić information content (AvgIpc) is 2.87. The molecular weight excluding hydrogens is 246 g/mol. The lowest BCUT2D eigenvalue weighted by molar-refractivity contribution is -0.129. The van der Waals surface area contributed by atoms with Gasteiger partial charge in [-0.3, -0.25) is 4.79 Å². The van der Waals surface area contributed by atoms with Crippen LogP contribution in [-0.2, 0) is 17.6 Å². The highest BCUT2D eigenvalue weighted by Gasteiger charge is 2.31. The molecule has 1 aliphatic carbocycles. The van der Waals surface area contributed by atoms with Crippen LogP contribution in [0, 0.1) is 5.92 Å². The van der Waals surface area contributed by atoms with Crippen molar-refractivity contribution in [3.05, 3.63) is 47.5 Å². The molecule has 2 heteroatoms. The number of carbonyl (C=O) groups excluding carboxylic acids is 1. The summed E-state index contributed by atoms with van der Waals surface area (Å²) in [6.07, 6.45) is 7.56. The number of amides is 1. The number of likely N-dealkylation sites (tertiary alicyclic amines) is 1. The number of carbonyl (C=O) groups is 1. The van der Waals surface area contributed by atoms with E-state index in [1.165, 1.54) is 42.4 Å². The third-order valence-electron chi connectivity index (χ3n) is 4.84. The Kier molecular flexibility index (Phi) is 3.64. The van der Waals surface area contributed by atoms with E-state index >= 15 is 0 Å². The maximum absolute atomic E-state index is 12.1. The number of aryl methyl sites for hydroxylation is 2. The fourth-order valence-electron chi connectivity index (χ4n) is 3.49. The maximum atomic E-state index is 12.1. The number of rotatable bonds is 3. The number of nitrogens with zero attached hydrogens (tertiary/aromatic N) is 1. The van der Waals surface area contributed by atoms with E-state index < -0.39 is 0 Å². The van der Waals surface area contributed by atoms with Crippen LogP contribution in [0.2, 0.25) is 0 Å². The summed E-state index contributed by atoms with van der Waals surface area (Å²) in [4.78, 5) is 14.1. The molecule has 3 rings (SSSR count). The first-order valence-electron chi connectivity index (χ1n) is 7.72. The minimum atomic E-state index is 0.180. The molecule has 1 aromatic carbocycles. The summed E-state index contributed by atoms with van der Waals surface area (Å²) >= 11 is 0. The lowest BCUT2D eigenvalue weighted by Gasteiger charge is -2.26. The largest absolute Gasteiger partial charge is 0.335 e. The molecule has 0 bridgehead atoms. The normalized spacial score (nSPS) is 23.6. The second-order valence-electron chi connectivity index (χ2n) is 6.16. The van der Waals surface area contributed by atoms with Crippen molar-refractivity contribution in [2.24, 2.45) is 5.92 Å². The van der Waals surface area contributed by atoms with Gasteiger partial charge in [-0.25, -0.2) is 0 Å². The SMILES string of the molecule is C=CC1CC(=O)N(C(C)c2ccc3c(c2)CCCC3)C1. The number of hydrogen-bond acceptors (Lipinski definition) is 1. The summed E-state index contributed by atoms with van der Waals surface area (Å²) in [6, 6.07) is 6.99. The van der Waals surface area contributed by atoms with Crippen molar-refractivity contribution in [3.8, 4) is 0 Å². The fraction of sp³-hybridized carbons (Fsp3) is 0.500. The molecule has 0 N–H and O–H groups in total. The smallest absolute Gasteiger partial charge is 0.223 e. The Labute approximate surface area is 121 Å². The molecule has 20 heavy (non-hydrogen) atoms. The number of benzene rings is 1. The van der Waals surface area contributed by atoms with Crippen LogP contribution in [-0.4, -0.2) is 17.4 Å². The summed E-state index contributed by atoms with van der Waals surface area (Å²) in [5, 5.41) is 0. The molecule has 2 nitrogen and oxygen atoms in total. The molecule has 0 radical (unpaired) electrons. The van der Waals surface area contributed by atoms with Gasteiger partial charge in [0.1, 0.15) is 0 Å².